The summed E-state index contributed by atoms with van der Waals surface area (Å²) in [5, 5.41) is 7.89. The Labute approximate surface area is 154 Å². The first kappa shape index (κ1) is 17.4. The Morgan fingerprint density at radius 3 is 2.85 bits per heavy atom. The third kappa shape index (κ3) is 3.86. The van der Waals surface area contributed by atoms with E-state index in [0.29, 0.717) is 5.92 Å². The fourth-order valence-corrected chi connectivity index (χ4v) is 3.76. The SMILES string of the molecule is Cn1nccc1[C@@H]1OCCC[C@H]1CNCc1ccc2c(c1)OCCCO2. The van der Waals surface area contributed by atoms with Crippen LogP contribution in [0.1, 0.15) is 36.6 Å². The van der Waals surface area contributed by atoms with Crippen LogP contribution in [0.5, 0.6) is 11.5 Å². The van der Waals surface area contributed by atoms with E-state index in [1.807, 2.05) is 24.0 Å². The van der Waals surface area contributed by atoms with E-state index in [1.165, 1.54) is 12.0 Å². The maximum atomic E-state index is 6.07. The molecule has 6 heteroatoms. The van der Waals surface area contributed by atoms with Gasteiger partial charge in [-0.1, -0.05) is 6.07 Å². The number of aromatic nitrogens is 2. The smallest absolute Gasteiger partial charge is 0.161 e. The highest BCUT2D eigenvalue weighted by Gasteiger charge is 2.29. The molecule has 2 aliphatic rings. The summed E-state index contributed by atoms with van der Waals surface area (Å²) in [6, 6.07) is 8.27. The number of hydrogen-bond donors (Lipinski definition) is 1. The molecule has 0 aliphatic carbocycles. The van der Waals surface area contributed by atoms with Gasteiger partial charge >= 0.3 is 0 Å². The number of benzene rings is 1. The summed E-state index contributed by atoms with van der Waals surface area (Å²) in [5.41, 5.74) is 2.37. The lowest BCUT2D eigenvalue weighted by atomic mass is 9.92. The molecule has 0 radical (unpaired) electrons. The van der Waals surface area contributed by atoms with Crippen molar-refractivity contribution in [2.45, 2.75) is 31.9 Å². The van der Waals surface area contributed by atoms with Gasteiger partial charge in [0.05, 0.1) is 18.9 Å². The van der Waals surface area contributed by atoms with Crippen LogP contribution in [0.15, 0.2) is 30.5 Å². The van der Waals surface area contributed by atoms with Crippen LogP contribution < -0.4 is 14.8 Å². The van der Waals surface area contributed by atoms with Gasteiger partial charge in [0, 0.05) is 45.3 Å². The third-order valence-corrected chi connectivity index (χ3v) is 5.14. The highest BCUT2D eigenvalue weighted by molar-refractivity contribution is 5.43. The van der Waals surface area contributed by atoms with Gasteiger partial charge in [0.2, 0.25) is 0 Å². The van der Waals surface area contributed by atoms with Gasteiger partial charge in [-0.15, -0.1) is 0 Å². The Morgan fingerprint density at radius 1 is 1.12 bits per heavy atom. The molecule has 0 bridgehead atoms. The molecule has 1 fully saturated rings. The van der Waals surface area contributed by atoms with Gasteiger partial charge < -0.3 is 19.5 Å². The van der Waals surface area contributed by atoms with Gasteiger partial charge in [-0.05, 0) is 36.6 Å². The first-order chi connectivity index (χ1) is 12.8. The second kappa shape index (κ2) is 8.10. The van der Waals surface area contributed by atoms with Gasteiger partial charge in [-0.25, -0.2) is 0 Å². The maximum Gasteiger partial charge on any atom is 0.161 e. The molecule has 1 N–H and O–H groups in total. The third-order valence-electron chi connectivity index (χ3n) is 5.14. The number of rotatable bonds is 5. The lowest BCUT2D eigenvalue weighted by molar-refractivity contribution is -0.0323. The molecule has 3 heterocycles. The number of ether oxygens (including phenoxy) is 3. The monoisotopic (exact) mass is 357 g/mol. The van der Waals surface area contributed by atoms with Crippen molar-refractivity contribution in [2.75, 3.05) is 26.4 Å². The standard InChI is InChI=1S/C20H27N3O3/c1-23-17(7-8-22-23)20-16(4-2-9-26-20)14-21-13-15-5-6-18-19(12-15)25-11-3-10-24-18/h5-8,12,16,20-21H,2-4,9-11,13-14H2,1H3/t16-,20+/m0/s1. The summed E-state index contributed by atoms with van der Waals surface area (Å²) in [6.07, 6.45) is 5.18. The quantitative estimate of drug-likeness (QED) is 0.892. The highest BCUT2D eigenvalue weighted by Crippen LogP contribution is 2.33. The van der Waals surface area contributed by atoms with Gasteiger partial charge in [0.25, 0.3) is 0 Å². The van der Waals surface area contributed by atoms with Crippen LogP contribution in [0.2, 0.25) is 0 Å². The summed E-state index contributed by atoms with van der Waals surface area (Å²) >= 11 is 0. The molecule has 1 saturated heterocycles. The fraction of sp³-hybridized carbons (Fsp3) is 0.550. The minimum Gasteiger partial charge on any atom is -0.490 e. The molecular formula is C20H27N3O3. The largest absolute Gasteiger partial charge is 0.490 e. The normalized spacial score (nSPS) is 22.8. The zero-order valence-corrected chi connectivity index (χ0v) is 15.3. The zero-order chi connectivity index (χ0) is 17.8. The summed E-state index contributed by atoms with van der Waals surface area (Å²) in [6.45, 7) is 4.00. The molecule has 2 aliphatic heterocycles. The number of hydrogen-bond acceptors (Lipinski definition) is 5. The average Bonchev–Trinajstić information content (AvgIpc) is 2.95. The van der Waals surface area contributed by atoms with Crippen molar-refractivity contribution in [3.8, 4) is 11.5 Å². The van der Waals surface area contributed by atoms with E-state index in [1.54, 1.807) is 0 Å². The minimum atomic E-state index is 0.118. The van der Waals surface area contributed by atoms with Crippen molar-refractivity contribution in [2.24, 2.45) is 13.0 Å². The molecule has 2 atom stereocenters. The molecule has 1 aromatic heterocycles. The molecule has 26 heavy (non-hydrogen) atoms. The lowest BCUT2D eigenvalue weighted by Gasteiger charge is -2.32. The number of nitrogens with zero attached hydrogens (tertiary/aromatic N) is 2. The van der Waals surface area contributed by atoms with Crippen molar-refractivity contribution in [3.05, 3.63) is 41.7 Å². The van der Waals surface area contributed by atoms with Crippen molar-refractivity contribution < 1.29 is 14.2 Å². The van der Waals surface area contributed by atoms with Crippen LogP contribution in [0.4, 0.5) is 0 Å². The lowest BCUT2D eigenvalue weighted by Crippen LogP contribution is -2.32. The first-order valence-corrected chi connectivity index (χ1v) is 9.50. The second-order valence-corrected chi connectivity index (χ2v) is 7.04. The fourth-order valence-electron chi connectivity index (χ4n) is 3.76. The number of fused-ring (bicyclic) bond motifs is 1. The van der Waals surface area contributed by atoms with Crippen LogP contribution in [0.3, 0.4) is 0 Å². The molecule has 4 rings (SSSR count). The summed E-state index contributed by atoms with van der Waals surface area (Å²) in [4.78, 5) is 0. The van der Waals surface area contributed by atoms with E-state index in [-0.39, 0.29) is 6.10 Å². The first-order valence-electron chi connectivity index (χ1n) is 9.50. The van der Waals surface area contributed by atoms with Crippen molar-refractivity contribution in [1.82, 2.24) is 15.1 Å². The Kier molecular flexibility index (Phi) is 5.41. The van der Waals surface area contributed by atoms with Crippen molar-refractivity contribution in [3.63, 3.8) is 0 Å². The Balaban J connectivity index is 1.36. The predicted octanol–water partition coefficient (Wildman–Crippen LogP) is 2.84. The number of nitrogens with one attached hydrogen (secondary N) is 1. The van der Waals surface area contributed by atoms with Crippen LogP contribution in [-0.2, 0) is 18.3 Å². The molecule has 140 valence electrons. The van der Waals surface area contributed by atoms with Crippen LogP contribution in [0.25, 0.3) is 0 Å². The van der Waals surface area contributed by atoms with Crippen LogP contribution >= 0.6 is 0 Å². The topological polar surface area (TPSA) is 57.5 Å². The summed E-state index contributed by atoms with van der Waals surface area (Å²) < 4.78 is 19.5. The molecule has 0 spiro atoms. The molecular weight excluding hydrogens is 330 g/mol. The summed E-state index contributed by atoms with van der Waals surface area (Å²) in [5.74, 6) is 2.17. The molecule has 2 aromatic rings. The van der Waals surface area contributed by atoms with E-state index >= 15 is 0 Å². The van der Waals surface area contributed by atoms with Crippen LogP contribution in [-0.4, -0.2) is 36.1 Å². The molecule has 0 unspecified atom stereocenters. The van der Waals surface area contributed by atoms with Gasteiger partial charge in [0.1, 0.15) is 6.10 Å². The second-order valence-electron chi connectivity index (χ2n) is 7.04. The van der Waals surface area contributed by atoms with Gasteiger partial charge in [-0.3, -0.25) is 4.68 Å². The van der Waals surface area contributed by atoms with Crippen molar-refractivity contribution >= 4 is 0 Å². The molecule has 1 aromatic carbocycles. The van der Waals surface area contributed by atoms with Crippen molar-refractivity contribution in [1.29, 1.82) is 0 Å². The summed E-state index contributed by atoms with van der Waals surface area (Å²) in [7, 11) is 1.98. The minimum absolute atomic E-state index is 0.118. The predicted molar refractivity (Wildman–Crippen MR) is 98.4 cm³/mol. The molecule has 6 nitrogen and oxygen atoms in total. The van der Waals surface area contributed by atoms with Crippen LogP contribution in [0, 0.1) is 5.92 Å². The Hall–Kier alpha value is -2.05. The van der Waals surface area contributed by atoms with E-state index in [2.05, 4.69) is 28.6 Å². The average molecular weight is 357 g/mol. The molecule has 0 amide bonds. The maximum absolute atomic E-state index is 6.07. The van der Waals surface area contributed by atoms with E-state index in [0.717, 1.165) is 62.9 Å². The Bertz CT molecular complexity index is 731. The van der Waals surface area contributed by atoms with E-state index in [9.17, 15) is 0 Å². The van der Waals surface area contributed by atoms with E-state index < -0.39 is 0 Å². The number of aryl methyl sites for hydroxylation is 1. The zero-order valence-electron chi connectivity index (χ0n) is 15.3. The van der Waals surface area contributed by atoms with E-state index in [4.69, 9.17) is 14.2 Å². The Morgan fingerprint density at radius 2 is 2.00 bits per heavy atom. The van der Waals surface area contributed by atoms with Gasteiger partial charge in [-0.2, -0.15) is 5.10 Å². The highest BCUT2D eigenvalue weighted by atomic mass is 16.5. The molecule has 0 saturated carbocycles. The van der Waals surface area contributed by atoms with Gasteiger partial charge in [0.15, 0.2) is 11.5 Å².